The van der Waals surface area contributed by atoms with Gasteiger partial charge in [-0.3, -0.25) is 19.3 Å². The zero-order valence-corrected chi connectivity index (χ0v) is 20.6. The quantitative estimate of drug-likeness (QED) is 0.503. The monoisotopic (exact) mass is 524 g/mol. The summed E-state index contributed by atoms with van der Waals surface area (Å²) < 4.78 is 18.9. The highest BCUT2D eigenvalue weighted by molar-refractivity contribution is 8.00. The van der Waals surface area contributed by atoms with Crippen molar-refractivity contribution in [3.63, 3.8) is 0 Å². The lowest BCUT2D eigenvalue weighted by Crippen LogP contribution is -2.42. The number of nitrogens with zero attached hydrogens (tertiary/aromatic N) is 1. The summed E-state index contributed by atoms with van der Waals surface area (Å²) >= 11 is 2.80. The largest absolute Gasteiger partial charge is 0.504 e. The van der Waals surface area contributed by atoms with Crippen molar-refractivity contribution in [1.29, 1.82) is 0 Å². The van der Waals surface area contributed by atoms with Crippen LogP contribution in [0.2, 0.25) is 0 Å². The zero-order valence-electron chi connectivity index (χ0n) is 19.0. The zero-order chi connectivity index (χ0) is 24.9. The predicted molar refractivity (Wildman–Crippen MR) is 132 cm³/mol. The first kappa shape index (κ1) is 22.1. The van der Waals surface area contributed by atoms with Gasteiger partial charge in [-0.25, -0.2) is 4.39 Å². The van der Waals surface area contributed by atoms with Gasteiger partial charge in [0.25, 0.3) is 0 Å². The summed E-state index contributed by atoms with van der Waals surface area (Å²) in [4.78, 5) is 44.6. The third-order valence-corrected chi connectivity index (χ3v) is 11.0. The summed E-state index contributed by atoms with van der Waals surface area (Å²) in [5.41, 5.74) is 1.31. The first-order valence-electron chi connectivity index (χ1n) is 11.8. The number of imide groups is 1. The molecule has 2 aromatic carbocycles. The number of ether oxygens (including phenoxy) is 1. The molecule has 1 saturated heterocycles. The lowest BCUT2D eigenvalue weighted by atomic mass is 9.68. The molecule has 1 aromatic heterocycles. The first-order valence-corrected chi connectivity index (χ1v) is 13.5. The smallest absolute Gasteiger partial charge is 0.305 e. The molecular formula is C26H21FN2O5S2. The van der Waals surface area contributed by atoms with Gasteiger partial charge in [-0.2, -0.15) is 0 Å². The van der Waals surface area contributed by atoms with Gasteiger partial charge in [0.2, 0.25) is 11.8 Å². The molecule has 4 aliphatic rings. The number of carbonyl (C=O) groups is 2. The van der Waals surface area contributed by atoms with Gasteiger partial charge in [0.1, 0.15) is 5.82 Å². The molecule has 7 atom stereocenters. The van der Waals surface area contributed by atoms with Gasteiger partial charge >= 0.3 is 4.87 Å². The number of fused-ring (bicyclic) bond motifs is 9. The van der Waals surface area contributed by atoms with Crippen molar-refractivity contribution in [3.8, 4) is 11.5 Å². The highest BCUT2D eigenvalue weighted by atomic mass is 32.2. The molecule has 7 rings (SSSR count). The number of amides is 2. The number of hydrogen-bond acceptors (Lipinski definition) is 7. The van der Waals surface area contributed by atoms with Crippen LogP contribution in [-0.4, -0.2) is 34.3 Å². The van der Waals surface area contributed by atoms with E-state index in [1.807, 2.05) is 6.07 Å². The Morgan fingerprint density at radius 2 is 1.78 bits per heavy atom. The Labute approximate surface area is 213 Å². The molecule has 0 spiro atoms. The average molecular weight is 525 g/mol. The van der Waals surface area contributed by atoms with E-state index < -0.39 is 17.7 Å². The number of anilines is 1. The Kier molecular flexibility index (Phi) is 4.73. The summed E-state index contributed by atoms with van der Waals surface area (Å²) in [5.74, 6) is -1.48. The topological polar surface area (TPSA) is 99.7 Å². The third kappa shape index (κ3) is 2.88. The molecule has 2 aliphatic heterocycles. The number of methoxy groups -OCH3 is 1. The van der Waals surface area contributed by atoms with Gasteiger partial charge in [0, 0.05) is 16.0 Å². The number of nitrogens with one attached hydrogen (secondary N) is 1. The van der Waals surface area contributed by atoms with Crippen LogP contribution in [-0.2, 0) is 9.59 Å². The Morgan fingerprint density at radius 1 is 1.06 bits per heavy atom. The van der Waals surface area contributed by atoms with Crippen molar-refractivity contribution < 1.29 is 23.8 Å². The standard InChI is InChI=1S/C26H21FN2O5S2/c1-34-16-8-10(2-7-15(16)30)17-18-13-9-14(21(18)35-23-22(17)36-26(33)28-23)20-19(13)24(31)29(25(20)32)12-5-3-11(27)4-6-12/h2-8,13-14,17-21,30H,9H2,1H3,(H,28,33)/t13-,14+,17+,18-,19+,20+,21-/m1/s1. The van der Waals surface area contributed by atoms with Crippen LogP contribution in [0.25, 0.3) is 0 Å². The molecule has 2 saturated carbocycles. The fourth-order valence-corrected chi connectivity index (χ4v) is 10.0. The summed E-state index contributed by atoms with van der Waals surface area (Å²) in [5, 5.41) is 11.1. The molecule has 3 heterocycles. The van der Waals surface area contributed by atoms with E-state index in [1.165, 1.54) is 47.6 Å². The van der Waals surface area contributed by atoms with Crippen molar-refractivity contribution in [3.05, 3.63) is 68.4 Å². The number of phenols is 1. The van der Waals surface area contributed by atoms with Crippen LogP contribution in [0.3, 0.4) is 0 Å². The highest BCUT2D eigenvalue weighted by Gasteiger charge is 2.69. The fraction of sp³-hybridized carbons (Fsp3) is 0.346. The van der Waals surface area contributed by atoms with Crippen LogP contribution in [0.15, 0.2) is 52.3 Å². The second-order valence-corrected chi connectivity index (χ2v) is 12.1. The van der Waals surface area contributed by atoms with Crippen LogP contribution in [0, 0.1) is 35.4 Å². The van der Waals surface area contributed by atoms with Gasteiger partial charge in [-0.05, 0) is 66.1 Å². The van der Waals surface area contributed by atoms with Crippen LogP contribution < -0.4 is 14.5 Å². The molecule has 36 heavy (non-hydrogen) atoms. The van der Waals surface area contributed by atoms with Gasteiger partial charge in [-0.1, -0.05) is 17.4 Å². The van der Waals surface area contributed by atoms with E-state index in [1.54, 1.807) is 23.9 Å². The second-order valence-electron chi connectivity index (χ2n) is 9.88. The van der Waals surface area contributed by atoms with Crippen LogP contribution >= 0.6 is 23.1 Å². The number of carbonyl (C=O) groups excluding carboxylic acids is 2. The molecule has 0 radical (unpaired) electrons. The molecule has 2 bridgehead atoms. The lowest BCUT2D eigenvalue weighted by molar-refractivity contribution is -0.123. The summed E-state index contributed by atoms with van der Waals surface area (Å²) in [6, 6.07) is 10.7. The molecular weight excluding hydrogens is 503 g/mol. The molecule has 2 aliphatic carbocycles. The number of aromatic nitrogens is 1. The number of aromatic amines is 1. The van der Waals surface area contributed by atoms with E-state index >= 15 is 0 Å². The van der Waals surface area contributed by atoms with Crippen molar-refractivity contribution in [2.45, 2.75) is 22.6 Å². The fourth-order valence-electron chi connectivity index (χ4n) is 7.12. The SMILES string of the molecule is COc1cc([C@@H]2c3sc(=O)[nH]c3S[C@@H]3[C@H]4C[C@@H]([C@@H]5C(=O)N(c6ccc(F)cc6)C(=O)[C@@H]45)[C@H]23)ccc1O. The summed E-state index contributed by atoms with van der Waals surface area (Å²) in [7, 11) is 1.49. The number of hydrogen-bond donors (Lipinski definition) is 2. The minimum Gasteiger partial charge on any atom is -0.504 e. The number of halogens is 1. The number of thiazole rings is 1. The molecule has 2 N–H and O–H groups in total. The van der Waals surface area contributed by atoms with E-state index in [0.717, 1.165) is 21.9 Å². The Morgan fingerprint density at radius 3 is 2.50 bits per heavy atom. The maximum Gasteiger partial charge on any atom is 0.305 e. The molecule has 184 valence electrons. The van der Waals surface area contributed by atoms with Crippen LogP contribution in [0.1, 0.15) is 22.8 Å². The lowest BCUT2D eigenvalue weighted by Gasteiger charge is -2.43. The third-order valence-electron chi connectivity index (χ3n) is 8.37. The molecule has 3 aromatic rings. The van der Waals surface area contributed by atoms with Gasteiger partial charge in [-0.15, -0.1) is 11.8 Å². The second kappa shape index (κ2) is 7.69. The number of H-pyrrole nitrogens is 1. The van der Waals surface area contributed by atoms with Gasteiger partial charge in [0.05, 0.1) is 29.7 Å². The number of rotatable bonds is 3. The van der Waals surface area contributed by atoms with E-state index in [-0.39, 0.29) is 51.4 Å². The predicted octanol–water partition coefficient (Wildman–Crippen LogP) is 3.97. The first-order chi connectivity index (χ1) is 17.4. The van der Waals surface area contributed by atoms with E-state index in [4.69, 9.17) is 4.74 Å². The van der Waals surface area contributed by atoms with Crippen LogP contribution in [0.4, 0.5) is 10.1 Å². The van der Waals surface area contributed by atoms with Crippen molar-refractivity contribution in [2.75, 3.05) is 12.0 Å². The average Bonchev–Trinajstić information content (AvgIpc) is 3.59. The number of aromatic hydroxyl groups is 1. The number of benzene rings is 2. The van der Waals surface area contributed by atoms with Crippen LogP contribution in [0.5, 0.6) is 11.5 Å². The van der Waals surface area contributed by atoms with Gasteiger partial charge in [0.15, 0.2) is 11.5 Å². The minimum absolute atomic E-state index is 0.00467. The Balaban J connectivity index is 1.33. The molecule has 7 nitrogen and oxygen atoms in total. The minimum atomic E-state index is -0.437. The number of phenolic OH excluding ortho intramolecular Hbond substituents is 1. The Bertz CT molecular complexity index is 1480. The van der Waals surface area contributed by atoms with E-state index in [9.17, 15) is 23.9 Å². The Hall–Kier alpha value is -3.11. The van der Waals surface area contributed by atoms with Crippen molar-refractivity contribution in [1.82, 2.24) is 4.98 Å². The molecule has 3 fully saturated rings. The van der Waals surface area contributed by atoms with E-state index in [2.05, 4.69) is 4.98 Å². The summed E-state index contributed by atoms with van der Waals surface area (Å²) in [6.07, 6.45) is 0.775. The maximum absolute atomic E-state index is 13.7. The van der Waals surface area contributed by atoms with Gasteiger partial charge < -0.3 is 14.8 Å². The molecule has 2 amide bonds. The van der Waals surface area contributed by atoms with E-state index in [0.29, 0.717) is 11.4 Å². The van der Waals surface area contributed by atoms with Crippen molar-refractivity contribution in [2.24, 2.45) is 29.6 Å². The number of thioether (sulfide) groups is 1. The highest BCUT2D eigenvalue weighted by Crippen LogP contribution is 2.68. The van der Waals surface area contributed by atoms with Crippen molar-refractivity contribution >= 4 is 40.6 Å². The molecule has 10 heteroatoms. The normalized spacial score (nSPS) is 31.9. The summed E-state index contributed by atoms with van der Waals surface area (Å²) in [6.45, 7) is 0. The maximum atomic E-state index is 13.7. The molecule has 0 unspecified atom stereocenters.